The molecule has 33 heavy (non-hydrogen) atoms. The molecule has 176 valence electrons. The molecular weight excluding hydrogens is 420 g/mol. The Morgan fingerprint density at radius 1 is 0.970 bits per heavy atom. The summed E-state index contributed by atoms with van der Waals surface area (Å²) in [5, 5.41) is 11.6. The molecule has 0 heterocycles. The molecule has 1 saturated carbocycles. The number of nitrogens with one attached hydrogen (secondary N) is 4. The maximum atomic E-state index is 12.7. The largest absolute Gasteiger partial charge is 0.449 e. The molecule has 0 aromatic heterocycles. The zero-order valence-electron chi connectivity index (χ0n) is 19.1. The summed E-state index contributed by atoms with van der Waals surface area (Å²) in [5.74, 6) is -0.208. The van der Waals surface area contributed by atoms with Crippen molar-refractivity contribution in [3.63, 3.8) is 0 Å². The first-order valence-electron chi connectivity index (χ1n) is 11.4. The summed E-state index contributed by atoms with van der Waals surface area (Å²) in [4.78, 5) is 37.0. The number of hydrogen-bond acceptors (Lipinski definition) is 5. The second-order valence-electron chi connectivity index (χ2n) is 8.60. The van der Waals surface area contributed by atoms with Gasteiger partial charge in [-0.25, -0.2) is 4.79 Å². The van der Waals surface area contributed by atoms with Gasteiger partial charge in [-0.1, -0.05) is 44.9 Å². The van der Waals surface area contributed by atoms with E-state index in [0.29, 0.717) is 29.2 Å². The molecule has 0 unspecified atom stereocenters. The standard InChI is InChI=1S/C25H32N4O4/c1-17(2)16-33-25(32)28-20-11-7-10-19(14-20)26-15-23(30)29-22-13-6-5-12-21(22)24(31)27-18-8-3-4-9-18/h5-7,10-14,17-18,26H,3-4,8-9,15-16H2,1-2H3,(H,27,31)(H,28,32)(H,29,30). The van der Waals surface area contributed by atoms with E-state index in [0.717, 1.165) is 25.7 Å². The van der Waals surface area contributed by atoms with E-state index in [1.54, 1.807) is 48.5 Å². The predicted octanol–water partition coefficient (Wildman–Crippen LogP) is 4.61. The van der Waals surface area contributed by atoms with E-state index in [9.17, 15) is 14.4 Å². The Kier molecular flexibility index (Phi) is 8.69. The van der Waals surface area contributed by atoms with E-state index in [1.807, 2.05) is 13.8 Å². The second-order valence-corrected chi connectivity index (χ2v) is 8.60. The molecule has 2 aromatic carbocycles. The van der Waals surface area contributed by atoms with Crippen LogP contribution in [0, 0.1) is 5.92 Å². The van der Waals surface area contributed by atoms with Crippen molar-refractivity contribution in [2.75, 3.05) is 29.1 Å². The Labute approximate surface area is 194 Å². The van der Waals surface area contributed by atoms with Gasteiger partial charge in [0.15, 0.2) is 0 Å². The fourth-order valence-corrected chi connectivity index (χ4v) is 3.60. The average Bonchev–Trinajstić information content (AvgIpc) is 3.30. The molecular formula is C25H32N4O4. The topological polar surface area (TPSA) is 109 Å². The van der Waals surface area contributed by atoms with Crippen LogP contribution in [0.4, 0.5) is 21.9 Å². The molecule has 8 heteroatoms. The molecule has 0 aliphatic heterocycles. The van der Waals surface area contributed by atoms with Gasteiger partial charge in [0.25, 0.3) is 5.91 Å². The molecule has 0 atom stereocenters. The molecule has 1 aliphatic rings. The zero-order valence-corrected chi connectivity index (χ0v) is 19.1. The highest BCUT2D eigenvalue weighted by Gasteiger charge is 2.20. The first kappa shape index (κ1) is 24.1. The SMILES string of the molecule is CC(C)COC(=O)Nc1cccc(NCC(=O)Nc2ccccc2C(=O)NC2CCCC2)c1. The van der Waals surface area contributed by atoms with Crippen molar-refractivity contribution < 1.29 is 19.1 Å². The lowest BCUT2D eigenvalue weighted by Gasteiger charge is -2.15. The summed E-state index contributed by atoms with van der Waals surface area (Å²) in [5.41, 5.74) is 2.15. The smallest absolute Gasteiger partial charge is 0.411 e. The number of carbonyl (C=O) groups excluding carboxylic acids is 3. The first-order valence-corrected chi connectivity index (χ1v) is 11.4. The highest BCUT2D eigenvalue weighted by Crippen LogP contribution is 2.20. The van der Waals surface area contributed by atoms with Crippen LogP contribution in [-0.4, -0.2) is 37.1 Å². The van der Waals surface area contributed by atoms with Crippen LogP contribution in [0.25, 0.3) is 0 Å². The number of amides is 3. The average molecular weight is 453 g/mol. The number of hydrogen-bond donors (Lipinski definition) is 4. The van der Waals surface area contributed by atoms with E-state index in [1.165, 1.54) is 0 Å². The highest BCUT2D eigenvalue weighted by molar-refractivity contribution is 6.04. The predicted molar refractivity (Wildman–Crippen MR) is 130 cm³/mol. The molecule has 0 bridgehead atoms. The Bertz CT molecular complexity index is 970. The highest BCUT2D eigenvalue weighted by atomic mass is 16.5. The van der Waals surface area contributed by atoms with Crippen molar-refractivity contribution in [2.45, 2.75) is 45.6 Å². The van der Waals surface area contributed by atoms with Crippen LogP contribution >= 0.6 is 0 Å². The second kappa shape index (κ2) is 11.9. The van der Waals surface area contributed by atoms with Crippen LogP contribution < -0.4 is 21.3 Å². The maximum Gasteiger partial charge on any atom is 0.411 e. The van der Waals surface area contributed by atoms with Gasteiger partial charge in [0.05, 0.1) is 24.4 Å². The molecule has 1 aliphatic carbocycles. The van der Waals surface area contributed by atoms with E-state index < -0.39 is 6.09 Å². The van der Waals surface area contributed by atoms with Crippen molar-refractivity contribution >= 4 is 35.0 Å². The fraction of sp³-hybridized carbons (Fsp3) is 0.400. The van der Waals surface area contributed by atoms with Gasteiger partial charge < -0.3 is 20.7 Å². The van der Waals surface area contributed by atoms with E-state index >= 15 is 0 Å². The van der Waals surface area contributed by atoms with Crippen LogP contribution in [0.15, 0.2) is 48.5 Å². The van der Waals surface area contributed by atoms with Crippen molar-refractivity contribution in [3.05, 3.63) is 54.1 Å². The van der Waals surface area contributed by atoms with Crippen LogP contribution in [0.1, 0.15) is 49.9 Å². The van der Waals surface area contributed by atoms with Crippen LogP contribution in [-0.2, 0) is 9.53 Å². The summed E-state index contributed by atoms with van der Waals surface area (Å²) in [6.45, 7) is 4.26. The Hall–Kier alpha value is -3.55. The Morgan fingerprint density at radius 2 is 1.70 bits per heavy atom. The van der Waals surface area contributed by atoms with Crippen molar-refractivity contribution in [1.82, 2.24) is 5.32 Å². The minimum absolute atomic E-state index is 0.000171. The van der Waals surface area contributed by atoms with Gasteiger partial charge >= 0.3 is 6.09 Å². The van der Waals surface area contributed by atoms with Crippen molar-refractivity contribution in [2.24, 2.45) is 5.92 Å². The van der Waals surface area contributed by atoms with Crippen molar-refractivity contribution in [1.29, 1.82) is 0 Å². The minimum Gasteiger partial charge on any atom is -0.449 e. The van der Waals surface area contributed by atoms with Crippen molar-refractivity contribution in [3.8, 4) is 0 Å². The number of para-hydroxylation sites is 1. The molecule has 3 rings (SSSR count). The molecule has 8 nitrogen and oxygen atoms in total. The third kappa shape index (κ3) is 7.82. The van der Waals surface area contributed by atoms with E-state index in [2.05, 4.69) is 21.3 Å². The summed E-state index contributed by atoms with van der Waals surface area (Å²) in [6.07, 6.45) is 3.72. The molecule has 1 fully saturated rings. The molecule has 0 spiro atoms. The summed E-state index contributed by atoms with van der Waals surface area (Å²) >= 11 is 0. The number of benzene rings is 2. The van der Waals surface area contributed by atoms with Gasteiger partial charge in [0.2, 0.25) is 5.91 Å². The maximum absolute atomic E-state index is 12.7. The third-order valence-corrected chi connectivity index (χ3v) is 5.25. The molecule has 0 radical (unpaired) electrons. The van der Waals surface area contributed by atoms with Gasteiger partial charge in [0.1, 0.15) is 0 Å². The normalized spacial score (nSPS) is 13.4. The van der Waals surface area contributed by atoms with E-state index in [-0.39, 0.29) is 30.3 Å². The van der Waals surface area contributed by atoms with Crippen LogP contribution in [0.3, 0.4) is 0 Å². The first-order chi connectivity index (χ1) is 15.9. The van der Waals surface area contributed by atoms with Crippen LogP contribution in [0.2, 0.25) is 0 Å². The number of ether oxygens (including phenoxy) is 1. The Balaban J connectivity index is 1.52. The molecule has 2 aromatic rings. The number of anilines is 3. The van der Waals surface area contributed by atoms with Gasteiger partial charge in [0, 0.05) is 17.4 Å². The summed E-state index contributed by atoms with van der Waals surface area (Å²) < 4.78 is 5.12. The summed E-state index contributed by atoms with van der Waals surface area (Å²) in [7, 11) is 0. The zero-order chi connectivity index (χ0) is 23.6. The summed E-state index contributed by atoms with van der Waals surface area (Å²) in [6, 6.07) is 14.2. The van der Waals surface area contributed by atoms with Gasteiger partial charge in [-0.15, -0.1) is 0 Å². The van der Waals surface area contributed by atoms with Gasteiger partial charge in [-0.2, -0.15) is 0 Å². The number of rotatable bonds is 9. The lowest BCUT2D eigenvalue weighted by Crippen LogP contribution is -2.33. The molecule has 0 saturated heterocycles. The van der Waals surface area contributed by atoms with Crippen LogP contribution in [0.5, 0.6) is 0 Å². The van der Waals surface area contributed by atoms with Gasteiger partial charge in [-0.3, -0.25) is 14.9 Å². The lowest BCUT2D eigenvalue weighted by atomic mass is 10.1. The number of carbonyl (C=O) groups is 3. The van der Waals surface area contributed by atoms with E-state index in [4.69, 9.17) is 4.74 Å². The molecule has 3 amide bonds. The minimum atomic E-state index is -0.522. The monoisotopic (exact) mass is 452 g/mol. The third-order valence-electron chi connectivity index (χ3n) is 5.25. The van der Waals surface area contributed by atoms with Gasteiger partial charge in [-0.05, 0) is 49.1 Å². The lowest BCUT2D eigenvalue weighted by molar-refractivity contribution is -0.114. The quantitative estimate of drug-likeness (QED) is 0.444. The molecule has 4 N–H and O–H groups in total. The Morgan fingerprint density at radius 3 is 2.45 bits per heavy atom. The fourth-order valence-electron chi connectivity index (χ4n) is 3.60.